The van der Waals surface area contributed by atoms with Crippen molar-refractivity contribution in [3.8, 4) is 0 Å². The second-order valence-electron chi connectivity index (χ2n) is 6.69. The van der Waals surface area contributed by atoms with Crippen LogP contribution in [0, 0.1) is 6.92 Å². The summed E-state index contributed by atoms with van der Waals surface area (Å²) in [5, 5.41) is 5.35. The van der Waals surface area contributed by atoms with Gasteiger partial charge in [-0.05, 0) is 48.2 Å². The smallest absolute Gasteiger partial charge is 0.244 e. The van der Waals surface area contributed by atoms with Gasteiger partial charge in [0, 0.05) is 15.6 Å². The number of fused-ring (bicyclic) bond motifs is 1. The van der Waals surface area contributed by atoms with Crippen LogP contribution in [0.5, 0.6) is 0 Å². The van der Waals surface area contributed by atoms with Crippen LogP contribution in [0.4, 0.5) is 17.1 Å². The SMILES string of the molecule is Cc1ccc(Cl)cc1NC(=O)CN1C(=O)CC(c2cccs2)=Nc2ccccc21. The van der Waals surface area contributed by atoms with Crippen LogP contribution in [0.15, 0.2) is 65.0 Å². The number of aliphatic imine (C=N–C) groups is 1. The molecule has 29 heavy (non-hydrogen) atoms. The molecule has 3 aromatic rings. The molecule has 0 bridgehead atoms. The van der Waals surface area contributed by atoms with Crippen molar-refractivity contribution in [3.63, 3.8) is 0 Å². The molecule has 0 atom stereocenters. The van der Waals surface area contributed by atoms with Crippen molar-refractivity contribution in [2.45, 2.75) is 13.3 Å². The standard InChI is InChI=1S/C22H18ClN3O2S/c1-14-8-9-15(23)11-17(14)25-21(27)13-26-19-6-3-2-5-16(19)24-18(12-22(26)28)20-7-4-10-29-20/h2-11H,12-13H2,1H3,(H,25,27). The molecular formula is C22H18ClN3O2S. The van der Waals surface area contributed by atoms with Crippen molar-refractivity contribution in [2.75, 3.05) is 16.8 Å². The molecule has 0 fully saturated rings. The number of para-hydroxylation sites is 2. The molecule has 0 saturated heterocycles. The lowest BCUT2D eigenvalue weighted by atomic mass is 10.2. The van der Waals surface area contributed by atoms with Gasteiger partial charge in [-0.2, -0.15) is 0 Å². The Morgan fingerprint density at radius 1 is 1.21 bits per heavy atom. The molecule has 0 radical (unpaired) electrons. The number of rotatable bonds is 4. The molecule has 0 unspecified atom stereocenters. The van der Waals surface area contributed by atoms with Crippen LogP contribution in [0.2, 0.25) is 5.02 Å². The highest BCUT2D eigenvalue weighted by atomic mass is 35.5. The Morgan fingerprint density at radius 2 is 2.03 bits per heavy atom. The molecule has 0 aliphatic carbocycles. The molecule has 146 valence electrons. The van der Waals surface area contributed by atoms with Gasteiger partial charge in [-0.25, -0.2) is 4.99 Å². The third kappa shape index (κ3) is 4.23. The van der Waals surface area contributed by atoms with E-state index in [1.165, 1.54) is 4.90 Å². The predicted molar refractivity (Wildman–Crippen MR) is 119 cm³/mol. The summed E-state index contributed by atoms with van der Waals surface area (Å²) < 4.78 is 0. The molecule has 5 nitrogen and oxygen atoms in total. The van der Waals surface area contributed by atoms with Gasteiger partial charge in [0.1, 0.15) is 6.54 Å². The zero-order valence-corrected chi connectivity index (χ0v) is 17.3. The Kier molecular flexibility index (Phi) is 5.47. The second-order valence-corrected chi connectivity index (χ2v) is 8.07. The number of hydrogen-bond donors (Lipinski definition) is 1. The summed E-state index contributed by atoms with van der Waals surface area (Å²) in [6, 6.07) is 16.6. The van der Waals surface area contributed by atoms with Gasteiger partial charge in [0.05, 0.1) is 23.5 Å². The van der Waals surface area contributed by atoms with Crippen LogP contribution in [-0.4, -0.2) is 24.1 Å². The van der Waals surface area contributed by atoms with Gasteiger partial charge in [-0.3, -0.25) is 9.59 Å². The molecule has 2 amide bonds. The number of nitrogens with one attached hydrogen (secondary N) is 1. The first-order valence-electron chi connectivity index (χ1n) is 9.08. The van der Waals surface area contributed by atoms with E-state index in [0.717, 1.165) is 10.4 Å². The van der Waals surface area contributed by atoms with Crippen molar-refractivity contribution < 1.29 is 9.59 Å². The highest BCUT2D eigenvalue weighted by Crippen LogP contribution is 2.33. The molecule has 7 heteroatoms. The first-order chi connectivity index (χ1) is 14.0. The molecule has 1 aliphatic heterocycles. The Labute approximate surface area is 177 Å². The summed E-state index contributed by atoms with van der Waals surface area (Å²) in [6.45, 7) is 1.79. The van der Waals surface area contributed by atoms with Gasteiger partial charge < -0.3 is 10.2 Å². The quantitative estimate of drug-likeness (QED) is 0.626. The van der Waals surface area contributed by atoms with Crippen molar-refractivity contribution in [3.05, 3.63) is 75.4 Å². The van der Waals surface area contributed by atoms with E-state index < -0.39 is 0 Å². The van der Waals surface area contributed by atoms with Crippen LogP contribution >= 0.6 is 22.9 Å². The summed E-state index contributed by atoms with van der Waals surface area (Å²) in [7, 11) is 0. The van der Waals surface area contributed by atoms with E-state index in [2.05, 4.69) is 5.32 Å². The number of amides is 2. The first-order valence-corrected chi connectivity index (χ1v) is 10.3. The first kappa shape index (κ1) is 19.4. The van der Waals surface area contributed by atoms with E-state index in [1.54, 1.807) is 23.5 Å². The number of aryl methyl sites for hydroxylation is 1. The number of nitrogens with zero attached hydrogens (tertiary/aromatic N) is 2. The van der Waals surface area contributed by atoms with Gasteiger partial charge in [0.25, 0.3) is 0 Å². The van der Waals surface area contributed by atoms with Crippen LogP contribution < -0.4 is 10.2 Å². The minimum atomic E-state index is -0.293. The van der Waals surface area contributed by atoms with E-state index >= 15 is 0 Å². The summed E-state index contributed by atoms with van der Waals surface area (Å²) in [5.41, 5.74) is 3.55. The Bertz CT molecular complexity index is 1110. The number of carbonyl (C=O) groups excluding carboxylic acids is 2. The van der Waals surface area contributed by atoms with E-state index in [-0.39, 0.29) is 24.8 Å². The minimum Gasteiger partial charge on any atom is -0.324 e. The highest BCUT2D eigenvalue weighted by Gasteiger charge is 2.27. The Hall–Kier alpha value is -2.96. The summed E-state index contributed by atoms with van der Waals surface area (Å²) >= 11 is 7.58. The Morgan fingerprint density at radius 3 is 2.83 bits per heavy atom. The average molecular weight is 424 g/mol. The largest absolute Gasteiger partial charge is 0.324 e. The fourth-order valence-corrected chi connectivity index (χ4v) is 4.05. The van der Waals surface area contributed by atoms with Crippen molar-refractivity contribution in [1.29, 1.82) is 0 Å². The number of halogens is 1. The molecule has 2 aromatic carbocycles. The summed E-state index contributed by atoms with van der Waals surface area (Å²) in [5.74, 6) is -0.460. The lowest BCUT2D eigenvalue weighted by molar-refractivity contribution is -0.120. The molecule has 1 N–H and O–H groups in total. The molecule has 0 saturated carbocycles. The average Bonchev–Trinajstić information content (AvgIpc) is 3.19. The molecule has 1 aliphatic rings. The van der Waals surface area contributed by atoms with E-state index in [4.69, 9.17) is 16.6 Å². The van der Waals surface area contributed by atoms with Gasteiger partial charge in [-0.15, -0.1) is 11.3 Å². The third-order valence-electron chi connectivity index (χ3n) is 4.63. The number of anilines is 2. The number of carbonyl (C=O) groups is 2. The summed E-state index contributed by atoms with van der Waals surface area (Å²) in [6.07, 6.45) is 0.138. The molecule has 1 aromatic heterocycles. The number of thiophene rings is 1. The van der Waals surface area contributed by atoms with E-state index in [0.29, 0.717) is 27.8 Å². The number of hydrogen-bond acceptors (Lipinski definition) is 4. The van der Waals surface area contributed by atoms with Gasteiger partial charge >= 0.3 is 0 Å². The maximum atomic E-state index is 13.0. The fourth-order valence-electron chi connectivity index (χ4n) is 3.17. The molecular weight excluding hydrogens is 406 g/mol. The lowest BCUT2D eigenvalue weighted by Crippen LogP contribution is -2.38. The third-order valence-corrected chi connectivity index (χ3v) is 5.78. The van der Waals surface area contributed by atoms with Crippen LogP contribution in [0.3, 0.4) is 0 Å². The second kappa shape index (κ2) is 8.19. The Balaban J connectivity index is 1.61. The van der Waals surface area contributed by atoms with Gasteiger partial charge in [-0.1, -0.05) is 35.9 Å². The van der Waals surface area contributed by atoms with Gasteiger partial charge in [0.15, 0.2) is 0 Å². The maximum Gasteiger partial charge on any atom is 0.244 e. The topological polar surface area (TPSA) is 61.8 Å². The predicted octanol–water partition coefficient (Wildman–Crippen LogP) is 5.21. The molecule has 2 heterocycles. The normalized spacial score (nSPS) is 13.5. The lowest BCUT2D eigenvalue weighted by Gasteiger charge is -2.22. The van der Waals surface area contributed by atoms with E-state index in [9.17, 15) is 9.59 Å². The van der Waals surface area contributed by atoms with Crippen molar-refractivity contribution in [2.24, 2.45) is 4.99 Å². The van der Waals surface area contributed by atoms with Crippen LogP contribution in [-0.2, 0) is 9.59 Å². The zero-order chi connectivity index (χ0) is 20.4. The van der Waals surface area contributed by atoms with Crippen LogP contribution in [0.1, 0.15) is 16.9 Å². The fraction of sp³-hybridized carbons (Fsp3) is 0.136. The summed E-state index contributed by atoms with van der Waals surface area (Å²) in [4.78, 5) is 32.9. The molecule has 0 spiro atoms. The minimum absolute atomic E-state index is 0.102. The highest BCUT2D eigenvalue weighted by molar-refractivity contribution is 7.12. The van der Waals surface area contributed by atoms with Crippen molar-refractivity contribution in [1.82, 2.24) is 0 Å². The monoisotopic (exact) mass is 423 g/mol. The number of benzene rings is 2. The molecule has 4 rings (SSSR count). The van der Waals surface area contributed by atoms with Gasteiger partial charge in [0.2, 0.25) is 11.8 Å². The van der Waals surface area contributed by atoms with Crippen molar-refractivity contribution >= 4 is 57.5 Å². The maximum absolute atomic E-state index is 13.0. The van der Waals surface area contributed by atoms with Crippen LogP contribution in [0.25, 0.3) is 0 Å². The zero-order valence-electron chi connectivity index (χ0n) is 15.7. The van der Waals surface area contributed by atoms with E-state index in [1.807, 2.05) is 54.8 Å².